The molecule has 5 rings (SSSR count). The van der Waals surface area contributed by atoms with E-state index in [0.717, 1.165) is 49.6 Å². The van der Waals surface area contributed by atoms with Gasteiger partial charge in [-0.25, -0.2) is 0 Å². The van der Waals surface area contributed by atoms with Gasteiger partial charge in [0.15, 0.2) is 5.82 Å². The highest BCUT2D eigenvalue weighted by Gasteiger charge is 2.35. The van der Waals surface area contributed by atoms with Gasteiger partial charge in [-0.1, -0.05) is 35.5 Å². The van der Waals surface area contributed by atoms with Crippen molar-refractivity contribution in [1.82, 2.24) is 19.9 Å². The standard InChI is InChI=1S/C19H26N4OS/c1-25-14-18-20-19(24-21-18)13-22-9-16-7-8-17(12-22)23(11-16)10-15-5-3-2-4-6-15/h2-6,16-17H,7-14H2,1H3/t16-,17+/m0/s1. The smallest absolute Gasteiger partial charge is 0.240 e. The molecule has 0 amide bonds. The van der Waals surface area contributed by atoms with Crippen molar-refractivity contribution in [1.29, 1.82) is 0 Å². The largest absolute Gasteiger partial charge is 0.338 e. The summed E-state index contributed by atoms with van der Waals surface area (Å²) in [7, 11) is 0. The quantitative estimate of drug-likeness (QED) is 0.791. The van der Waals surface area contributed by atoms with E-state index in [9.17, 15) is 0 Å². The third-order valence-corrected chi connectivity index (χ3v) is 5.82. The zero-order valence-corrected chi connectivity index (χ0v) is 15.6. The SMILES string of the molecule is CSCc1noc(CN2C[C@@H]3CC[C@H](C2)N(Cc2ccccc2)C3)n1. The van der Waals surface area contributed by atoms with E-state index in [0.29, 0.717) is 6.04 Å². The van der Waals surface area contributed by atoms with Crippen molar-refractivity contribution in [3.05, 3.63) is 47.6 Å². The van der Waals surface area contributed by atoms with Crippen molar-refractivity contribution in [3.63, 3.8) is 0 Å². The van der Waals surface area contributed by atoms with Crippen molar-refractivity contribution in [2.75, 3.05) is 25.9 Å². The van der Waals surface area contributed by atoms with E-state index in [1.54, 1.807) is 11.8 Å². The van der Waals surface area contributed by atoms with Crippen LogP contribution in [0, 0.1) is 5.92 Å². The molecule has 0 radical (unpaired) electrons. The summed E-state index contributed by atoms with van der Waals surface area (Å²) in [5.74, 6) is 3.14. The van der Waals surface area contributed by atoms with Crippen LogP contribution >= 0.6 is 11.8 Å². The van der Waals surface area contributed by atoms with E-state index < -0.39 is 0 Å². The summed E-state index contributed by atoms with van der Waals surface area (Å²) >= 11 is 1.72. The topological polar surface area (TPSA) is 45.4 Å². The number of fused-ring (bicyclic) bond motifs is 4. The number of hydrogen-bond donors (Lipinski definition) is 0. The first-order chi connectivity index (χ1) is 12.3. The molecule has 0 N–H and O–H groups in total. The van der Waals surface area contributed by atoms with E-state index in [2.05, 4.69) is 56.5 Å². The van der Waals surface area contributed by atoms with Gasteiger partial charge in [-0.3, -0.25) is 9.80 Å². The molecule has 2 bridgehead atoms. The molecule has 6 heteroatoms. The van der Waals surface area contributed by atoms with Crippen LogP contribution in [0.4, 0.5) is 0 Å². The first-order valence-electron chi connectivity index (χ1n) is 9.11. The third kappa shape index (κ3) is 4.25. The summed E-state index contributed by atoms with van der Waals surface area (Å²) in [5, 5.41) is 4.08. The first kappa shape index (κ1) is 17.1. The summed E-state index contributed by atoms with van der Waals surface area (Å²) in [6.45, 7) is 5.30. The predicted molar refractivity (Wildman–Crippen MR) is 100 cm³/mol. The van der Waals surface area contributed by atoms with Gasteiger partial charge in [0, 0.05) is 32.2 Å². The lowest BCUT2D eigenvalue weighted by Gasteiger charge is -2.36. The van der Waals surface area contributed by atoms with E-state index in [4.69, 9.17) is 4.52 Å². The molecule has 3 aliphatic rings. The van der Waals surface area contributed by atoms with Gasteiger partial charge in [0.05, 0.1) is 12.3 Å². The second-order valence-electron chi connectivity index (χ2n) is 7.24. The Labute approximate surface area is 153 Å². The fourth-order valence-corrected chi connectivity index (χ4v) is 4.53. The number of rotatable bonds is 6. The number of thioether (sulfide) groups is 1. The number of aromatic nitrogens is 2. The first-order valence-corrected chi connectivity index (χ1v) is 10.5. The van der Waals surface area contributed by atoms with Crippen LogP contribution in [0.2, 0.25) is 0 Å². The van der Waals surface area contributed by atoms with Crippen molar-refractivity contribution >= 4 is 11.8 Å². The molecule has 3 saturated heterocycles. The Hall–Kier alpha value is -1.37. The Morgan fingerprint density at radius 2 is 2.00 bits per heavy atom. The van der Waals surface area contributed by atoms with Crippen molar-refractivity contribution in [2.24, 2.45) is 5.92 Å². The Balaban J connectivity index is 1.40. The van der Waals surface area contributed by atoms with Gasteiger partial charge in [0.2, 0.25) is 5.89 Å². The molecule has 0 spiro atoms. The molecule has 134 valence electrons. The Bertz CT molecular complexity index is 677. The Morgan fingerprint density at radius 3 is 2.84 bits per heavy atom. The molecule has 0 saturated carbocycles. The molecule has 0 aliphatic carbocycles. The molecule has 5 nitrogen and oxygen atoms in total. The lowest BCUT2D eigenvalue weighted by molar-refractivity contribution is 0.122. The highest BCUT2D eigenvalue weighted by atomic mass is 32.2. The minimum atomic E-state index is 0.632. The van der Waals surface area contributed by atoms with Crippen molar-refractivity contribution < 1.29 is 4.52 Å². The molecule has 1 aromatic carbocycles. The summed E-state index contributed by atoms with van der Waals surface area (Å²) in [6.07, 6.45) is 4.70. The van der Waals surface area contributed by atoms with Crippen LogP contribution in [-0.4, -0.2) is 51.9 Å². The van der Waals surface area contributed by atoms with Gasteiger partial charge in [-0.05, 0) is 30.6 Å². The fourth-order valence-electron chi connectivity index (χ4n) is 4.15. The molecule has 3 aliphatic heterocycles. The maximum absolute atomic E-state index is 5.44. The van der Waals surface area contributed by atoms with E-state index in [1.807, 2.05) is 0 Å². The molecule has 2 atom stereocenters. The number of nitrogens with zero attached hydrogens (tertiary/aromatic N) is 4. The van der Waals surface area contributed by atoms with Crippen LogP contribution in [-0.2, 0) is 18.8 Å². The lowest BCUT2D eigenvalue weighted by Crippen LogP contribution is -2.43. The molecule has 0 unspecified atom stereocenters. The van der Waals surface area contributed by atoms with E-state index >= 15 is 0 Å². The zero-order valence-electron chi connectivity index (χ0n) is 14.8. The summed E-state index contributed by atoms with van der Waals surface area (Å²) in [4.78, 5) is 9.72. The van der Waals surface area contributed by atoms with Gasteiger partial charge in [-0.2, -0.15) is 16.7 Å². The van der Waals surface area contributed by atoms with Crippen molar-refractivity contribution in [2.45, 2.75) is 37.7 Å². The molecule has 2 aromatic rings. The van der Waals surface area contributed by atoms with Crippen LogP contribution in [0.25, 0.3) is 0 Å². The second kappa shape index (κ2) is 7.89. The maximum Gasteiger partial charge on any atom is 0.240 e. The van der Waals surface area contributed by atoms with Crippen LogP contribution in [0.5, 0.6) is 0 Å². The molecular formula is C19H26N4OS. The lowest BCUT2D eigenvalue weighted by atomic mass is 9.94. The Morgan fingerprint density at radius 1 is 1.12 bits per heavy atom. The zero-order chi connectivity index (χ0) is 17.1. The van der Waals surface area contributed by atoms with Crippen LogP contribution < -0.4 is 0 Å². The average molecular weight is 359 g/mol. The molecule has 3 fully saturated rings. The molecule has 25 heavy (non-hydrogen) atoms. The Kier molecular flexibility index (Phi) is 5.39. The summed E-state index contributed by atoms with van der Waals surface area (Å²) in [5.41, 5.74) is 1.42. The minimum absolute atomic E-state index is 0.632. The highest BCUT2D eigenvalue weighted by Crippen LogP contribution is 2.29. The number of piperidine rings is 1. The monoisotopic (exact) mass is 358 g/mol. The van der Waals surface area contributed by atoms with Gasteiger partial charge < -0.3 is 4.52 Å². The molecule has 4 heterocycles. The highest BCUT2D eigenvalue weighted by molar-refractivity contribution is 7.97. The van der Waals surface area contributed by atoms with Gasteiger partial charge >= 0.3 is 0 Å². The van der Waals surface area contributed by atoms with Crippen LogP contribution in [0.1, 0.15) is 30.1 Å². The molecule has 1 aromatic heterocycles. The number of hydrogen-bond acceptors (Lipinski definition) is 6. The predicted octanol–water partition coefficient (Wildman–Crippen LogP) is 3.03. The number of benzene rings is 1. The van der Waals surface area contributed by atoms with Gasteiger partial charge in [-0.15, -0.1) is 0 Å². The van der Waals surface area contributed by atoms with E-state index in [-0.39, 0.29) is 0 Å². The van der Waals surface area contributed by atoms with Gasteiger partial charge in [0.25, 0.3) is 0 Å². The second-order valence-corrected chi connectivity index (χ2v) is 8.11. The average Bonchev–Trinajstić information content (AvgIpc) is 2.87. The van der Waals surface area contributed by atoms with Crippen LogP contribution in [0.3, 0.4) is 0 Å². The minimum Gasteiger partial charge on any atom is -0.338 e. The van der Waals surface area contributed by atoms with Crippen LogP contribution in [0.15, 0.2) is 34.9 Å². The van der Waals surface area contributed by atoms with Crippen molar-refractivity contribution in [3.8, 4) is 0 Å². The fraction of sp³-hybridized carbons (Fsp3) is 0.579. The molecular weight excluding hydrogens is 332 g/mol. The maximum atomic E-state index is 5.44. The summed E-state index contributed by atoms with van der Waals surface area (Å²) in [6, 6.07) is 11.5. The van der Waals surface area contributed by atoms with Gasteiger partial charge in [0.1, 0.15) is 0 Å². The summed E-state index contributed by atoms with van der Waals surface area (Å²) < 4.78 is 5.44. The normalized spacial score (nSPS) is 24.5. The third-order valence-electron chi connectivity index (χ3n) is 5.27. The van der Waals surface area contributed by atoms with E-state index in [1.165, 1.54) is 24.9 Å².